The Bertz CT molecular complexity index is 310. The molecule has 1 aromatic carbocycles. The minimum Gasteiger partial charge on any atom is -0.496 e. The summed E-state index contributed by atoms with van der Waals surface area (Å²) in [4.78, 5) is 11.7. The monoisotopic (exact) mass is 193 g/mol. The first-order valence-electron chi connectivity index (χ1n) is 4.60. The Balaban J connectivity index is 2.78. The Hall–Kier alpha value is -1.35. The summed E-state index contributed by atoms with van der Waals surface area (Å²) in [6.45, 7) is 0.691. The number of rotatable bonds is 5. The van der Waals surface area contributed by atoms with Crippen LogP contribution in [0.25, 0.3) is 0 Å². The molecule has 1 N–H and O–H groups in total. The number of hydrogen-bond donors (Lipinski definition) is 1. The van der Waals surface area contributed by atoms with E-state index in [1.807, 2.05) is 19.2 Å². The molecule has 0 aliphatic carbocycles. The van der Waals surface area contributed by atoms with Crippen molar-refractivity contribution in [1.29, 1.82) is 0 Å². The second-order valence-corrected chi connectivity index (χ2v) is 2.98. The highest BCUT2D eigenvalue weighted by atomic mass is 16.5. The van der Waals surface area contributed by atoms with Crippen molar-refractivity contribution in [3.05, 3.63) is 29.8 Å². The molecule has 1 aromatic rings. The summed E-state index contributed by atoms with van der Waals surface area (Å²) in [5.41, 5.74) is 0.658. The van der Waals surface area contributed by atoms with Gasteiger partial charge in [-0.25, -0.2) is 0 Å². The van der Waals surface area contributed by atoms with Gasteiger partial charge in [-0.05, 0) is 19.2 Å². The Morgan fingerprint density at radius 1 is 1.43 bits per heavy atom. The maximum Gasteiger partial charge on any atom is 0.167 e. The molecular weight excluding hydrogens is 178 g/mol. The zero-order valence-electron chi connectivity index (χ0n) is 8.54. The average Bonchev–Trinajstić information content (AvgIpc) is 2.25. The van der Waals surface area contributed by atoms with Gasteiger partial charge >= 0.3 is 0 Å². The lowest BCUT2D eigenvalue weighted by atomic mass is 10.1. The summed E-state index contributed by atoms with van der Waals surface area (Å²) in [5, 5.41) is 2.94. The molecule has 3 heteroatoms. The summed E-state index contributed by atoms with van der Waals surface area (Å²) < 4.78 is 5.11. The average molecular weight is 193 g/mol. The van der Waals surface area contributed by atoms with Crippen LogP contribution in [0.1, 0.15) is 16.8 Å². The summed E-state index contributed by atoms with van der Waals surface area (Å²) in [6, 6.07) is 7.28. The first-order chi connectivity index (χ1) is 6.79. The quantitative estimate of drug-likeness (QED) is 0.720. The van der Waals surface area contributed by atoms with Crippen LogP contribution in [0.15, 0.2) is 24.3 Å². The van der Waals surface area contributed by atoms with Gasteiger partial charge in [0.1, 0.15) is 5.75 Å². The largest absolute Gasteiger partial charge is 0.496 e. The van der Waals surface area contributed by atoms with Crippen LogP contribution in [0.5, 0.6) is 5.75 Å². The number of carbonyl (C=O) groups is 1. The first-order valence-corrected chi connectivity index (χ1v) is 4.60. The maximum absolute atomic E-state index is 11.7. The number of carbonyl (C=O) groups excluding carboxylic acids is 1. The molecule has 0 saturated carbocycles. The normalized spacial score (nSPS) is 9.86. The van der Waals surface area contributed by atoms with Crippen LogP contribution in [-0.2, 0) is 0 Å². The number of methoxy groups -OCH3 is 1. The lowest BCUT2D eigenvalue weighted by Gasteiger charge is -2.06. The number of Topliss-reactive ketones (excluding diaryl/α,β-unsaturated/α-hetero) is 1. The molecule has 76 valence electrons. The lowest BCUT2D eigenvalue weighted by molar-refractivity contribution is 0.0980. The summed E-state index contributed by atoms with van der Waals surface area (Å²) in [7, 11) is 3.40. The van der Waals surface area contributed by atoms with E-state index in [1.165, 1.54) is 0 Å². The number of benzene rings is 1. The first kappa shape index (κ1) is 10.7. The van der Waals surface area contributed by atoms with Crippen molar-refractivity contribution >= 4 is 5.78 Å². The van der Waals surface area contributed by atoms with Gasteiger partial charge in [-0.3, -0.25) is 4.79 Å². The van der Waals surface area contributed by atoms with Crippen molar-refractivity contribution in [3.8, 4) is 5.75 Å². The van der Waals surface area contributed by atoms with E-state index in [2.05, 4.69) is 5.32 Å². The van der Waals surface area contributed by atoms with Crippen LogP contribution < -0.4 is 10.1 Å². The van der Waals surface area contributed by atoms with Crippen molar-refractivity contribution in [2.45, 2.75) is 6.42 Å². The van der Waals surface area contributed by atoms with Crippen molar-refractivity contribution in [1.82, 2.24) is 5.32 Å². The van der Waals surface area contributed by atoms with Crippen LogP contribution in [0.4, 0.5) is 0 Å². The summed E-state index contributed by atoms with van der Waals surface area (Å²) in [5.74, 6) is 0.755. The molecule has 0 atom stereocenters. The van der Waals surface area contributed by atoms with Crippen LogP contribution in [-0.4, -0.2) is 26.5 Å². The number of ether oxygens (including phenoxy) is 1. The summed E-state index contributed by atoms with van der Waals surface area (Å²) >= 11 is 0. The molecule has 0 unspecified atom stereocenters. The molecule has 1 rings (SSSR count). The van der Waals surface area contributed by atoms with Crippen molar-refractivity contribution in [3.63, 3.8) is 0 Å². The van der Waals surface area contributed by atoms with E-state index in [-0.39, 0.29) is 5.78 Å². The molecule has 0 saturated heterocycles. The fraction of sp³-hybridized carbons (Fsp3) is 0.364. The highest BCUT2D eigenvalue weighted by Gasteiger charge is 2.09. The van der Waals surface area contributed by atoms with Crippen LogP contribution in [0.3, 0.4) is 0 Å². The minimum atomic E-state index is 0.108. The number of para-hydroxylation sites is 1. The van der Waals surface area contributed by atoms with E-state index in [1.54, 1.807) is 19.2 Å². The lowest BCUT2D eigenvalue weighted by Crippen LogP contribution is -2.13. The Morgan fingerprint density at radius 2 is 2.14 bits per heavy atom. The molecule has 0 aliphatic rings. The van der Waals surface area contributed by atoms with Gasteiger partial charge in [0.05, 0.1) is 12.7 Å². The van der Waals surface area contributed by atoms with E-state index in [4.69, 9.17) is 4.74 Å². The maximum atomic E-state index is 11.7. The topological polar surface area (TPSA) is 38.3 Å². The van der Waals surface area contributed by atoms with Gasteiger partial charge in [-0.15, -0.1) is 0 Å². The van der Waals surface area contributed by atoms with Crippen molar-refractivity contribution in [2.24, 2.45) is 0 Å². The zero-order valence-corrected chi connectivity index (χ0v) is 8.54. The Labute approximate surface area is 84.1 Å². The van der Waals surface area contributed by atoms with Crippen molar-refractivity contribution in [2.75, 3.05) is 20.7 Å². The van der Waals surface area contributed by atoms with E-state index >= 15 is 0 Å². The van der Waals surface area contributed by atoms with Gasteiger partial charge in [0.25, 0.3) is 0 Å². The van der Waals surface area contributed by atoms with Crippen LogP contribution >= 0.6 is 0 Å². The second-order valence-electron chi connectivity index (χ2n) is 2.98. The molecule has 0 heterocycles. The van der Waals surface area contributed by atoms with Gasteiger partial charge in [0.2, 0.25) is 0 Å². The third kappa shape index (κ3) is 2.57. The number of hydrogen-bond acceptors (Lipinski definition) is 3. The van der Waals surface area contributed by atoms with E-state index in [9.17, 15) is 4.79 Å². The van der Waals surface area contributed by atoms with Gasteiger partial charge in [0.15, 0.2) is 5.78 Å². The SMILES string of the molecule is CNCCC(=O)c1ccccc1OC. The Kier molecular flexibility index (Phi) is 4.13. The molecule has 14 heavy (non-hydrogen) atoms. The smallest absolute Gasteiger partial charge is 0.167 e. The molecule has 3 nitrogen and oxygen atoms in total. The predicted molar refractivity (Wildman–Crippen MR) is 55.9 cm³/mol. The standard InChI is InChI=1S/C11H15NO2/c1-12-8-7-10(13)9-5-3-4-6-11(9)14-2/h3-6,12H,7-8H2,1-2H3. The number of nitrogens with one attached hydrogen (secondary N) is 1. The minimum absolute atomic E-state index is 0.108. The molecule has 0 amide bonds. The molecule has 0 bridgehead atoms. The fourth-order valence-corrected chi connectivity index (χ4v) is 1.25. The fourth-order valence-electron chi connectivity index (χ4n) is 1.25. The Morgan fingerprint density at radius 3 is 2.79 bits per heavy atom. The van der Waals surface area contributed by atoms with Gasteiger partial charge in [0, 0.05) is 13.0 Å². The third-order valence-electron chi connectivity index (χ3n) is 2.01. The van der Waals surface area contributed by atoms with Gasteiger partial charge < -0.3 is 10.1 Å². The predicted octanol–water partition coefficient (Wildman–Crippen LogP) is 1.49. The number of ketones is 1. The molecule has 0 aliphatic heterocycles. The van der Waals surface area contributed by atoms with E-state index in [0.717, 1.165) is 0 Å². The molecule has 0 spiro atoms. The van der Waals surface area contributed by atoms with E-state index < -0.39 is 0 Å². The molecule has 0 aromatic heterocycles. The van der Waals surface area contributed by atoms with Crippen LogP contribution in [0.2, 0.25) is 0 Å². The van der Waals surface area contributed by atoms with Crippen LogP contribution in [0, 0.1) is 0 Å². The molecule has 0 radical (unpaired) electrons. The second kappa shape index (κ2) is 5.40. The zero-order chi connectivity index (χ0) is 10.4. The highest BCUT2D eigenvalue weighted by Crippen LogP contribution is 2.18. The van der Waals surface area contributed by atoms with Gasteiger partial charge in [-0.2, -0.15) is 0 Å². The molecule has 0 fully saturated rings. The summed E-state index contributed by atoms with van der Waals surface area (Å²) in [6.07, 6.45) is 0.497. The van der Waals surface area contributed by atoms with E-state index in [0.29, 0.717) is 24.3 Å². The molecular formula is C11H15NO2. The van der Waals surface area contributed by atoms with Gasteiger partial charge in [-0.1, -0.05) is 12.1 Å². The van der Waals surface area contributed by atoms with Crippen molar-refractivity contribution < 1.29 is 9.53 Å². The third-order valence-corrected chi connectivity index (χ3v) is 2.01. The highest BCUT2D eigenvalue weighted by molar-refractivity contribution is 5.98.